The molecule has 2 aromatic carbocycles. The Morgan fingerprint density at radius 1 is 0.975 bits per heavy atom. The van der Waals surface area contributed by atoms with Crippen molar-refractivity contribution >= 4 is 27.5 Å². The van der Waals surface area contributed by atoms with Gasteiger partial charge in [0.1, 0.15) is 17.1 Å². The molecule has 0 aliphatic heterocycles. The summed E-state index contributed by atoms with van der Waals surface area (Å²) in [5.74, 6) is 0.0796. The number of hydrogen-bond donors (Lipinski definition) is 1. The van der Waals surface area contributed by atoms with Gasteiger partial charge in [0.25, 0.3) is 15.9 Å². The zero-order valence-corrected chi connectivity index (χ0v) is 24.5. The molecular formula is C30H34ClN3O5S. The molecule has 1 amide bonds. The number of carbonyl (C=O) groups excluding carboxylic acids is 1. The Kier molecular flexibility index (Phi) is 8.76. The highest BCUT2D eigenvalue weighted by atomic mass is 35.5. The Morgan fingerprint density at radius 3 is 2.38 bits per heavy atom. The first-order chi connectivity index (χ1) is 19.0. The molecule has 2 heterocycles. The fourth-order valence-corrected chi connectivity index (χ4v) is 5.31. The van der Waals surface area contributed by atoms with Crippen LogP contribution in [0.25, 0.3) is 11.3 Å². The summed E-state index contributed by atoms with van der Waals surface area (Å²) in [6.07, 6.45) is 0.816. The summed E-state index contributed by atoms with van der Waals surface area (Å²) in [5.41, 5.74) is 4.34. The predicted molar refractivity (Wildman–Crippen MR) is 159 cm³/mol. The van der Waals surface area contributed by atoms with E-state index in [1.54, 1.807) is 43.3 Å². The number of ether oxygens (including phenoxy) is 2. The van der Waals surface area contributed by atoms with Gasteiger partial charge in [-0.2, -0.15) is 8.42 Å². The van der Waals surface area contributed by atoms with Gasteiger partial charge in [-0.15, -0.1) is 0 Å². The minimum atomic E-state index is -4.25. The number of nitrogens with zero attached hydrogens (tertiary/aromatic N) is 2. The number of hydrogen-bond acceptors (Lipinski definition) is 7. The normalized spacial score (nSPS) is 11.2. The van der Waals surface area contributed by atoms with Gasteiger partial charge >= 0.3 is 0 Å². The number of amides is 1. The number of rotatable bonds is 9. The number of nitrogens with one attached hydrogen (secondary N) is 1. The molecule has 4 aromatic rings. The van der Waals surface area contributed by atoms with Gasteiger partial charge in [-0.05, 0) is 81.6 Å². The lowest BCUT2D eigenvalue weighted by Crippen LogP contribution is -2.31. The lowest BCUT2D eigenvalue weighted by atomic mass is 10.1. The third-order valence-corrected chi connectivity index (χ3v) is 7.51. The summed E-state index contributed by atoms with van der Waals surface area (Å²) in [4.78, 5) is 22.0. The summed E-state index contributed by atoms with van der Waals surface area (Å²) in [5, 5.41) is 0.199. The van der Waals surface area contributed by atoms with Crippen molar-refractivity contribution in [3.63, 3.8) is 0 Å². The van der Waals surface area contributed by atoms with E-state index < -0.39 is 15.9 Å². The van der Waals surface area contributed by atoms with Crippen LogP contribution in [0.2, 0.25) is 5.02 Å². The third-order valence-electron chi connectivity index (χ3n) is 5.96. The smallest absolute Gasteiger partial charge is 0.281 e. The molecule has 40 heavy (non-hydrogen) atoms. The quantitative estimate of drug-likeness (QED) is 0.221. The third kappa shape index (κ3) is 6.60. The van der Waals surface area contributed by atoms with Crippen molar-refractivity contribution in [2.45, 2.75) is 46.1 Å². The SMILES string of the molecule is CCCOc1cc(-c2ccc(C(=O)NS(=O)(=O)c3cccc(C)n3)c(Oc3c(C)cc(C)cc3C)n2)ccc1Cl.[HH].[HH]. The van der Waals surface area contributed by atoms with E-state index in [0.29, 0.717) is 40.1 Å². The summed E-state index contributed by atoms with van der Waals surface area (Å²) >= 11 is 6.31. The number of aryl methyl sites for hydroxylation is 4. The molecule has 0 saturated carbocycles. The van der Waals surface area contributed by atoms with E-state index in [1.165, 1.54) is 12.1 Å². The molecule has 0 atom stereocenters. The van der Waals surface area contributed by atoms with E-state index in [1.807, 2.05) is 39.8 Å². The molecule has 2 aromatic heterocycles. The van der Waals surface area contributed by atoms with E-state index in [9.17, 15) is 13.2 Å². The molecule has 8 nitrogen and oxygen atoms in total. The van der Waals surface area contributed by atoms with E-state index in [4.69, 9.17) is 21.1 Å². The Bertz CT molecular complexity index is 1680. The molecule has 0 unspecified atom stereocenters. The first-order valence-corrected chi connectivity index (χ1v) is 14.5. The van der Waals surface area contributed by atoms with Gasteiger partial charge in [0.2, 0.25) is 5.88 Å². The molecule has 4 rings (SSSR count). The second-order valence-corrected chi connectivity index (χ2v) is 11.5. The minimum Gasteiger partial charge on any atom is -0.492 e. The van der Waals surface area contributed by atoms with E-state index in [-0.39, 0.29) is 19.3 Å². The van der Waals surface area contributed by atoms with Crippen LogP contribution in [0.3, 0.4) is 0 Å². The van der Waals surface area contributed by atoms with Crippen LogP contribution in [0.15, 0.2) is 65.7 Å². The van der Waals surface area contributed by atoms with Gasteiger partial charge in [0.05, 0.1) is 17.3 Å². The lowest BCUT2D eigenvalue weighted by molar-refractivity contribution is 0.0978. The number of pyridine rings is 2. The van der Waals surface area contributed by atoms with E-state index in [0.717, 1.165) is 23.1 Å². The summed E-state index contributed by atoms with van der Waals surface area (Å²) in [7, 11) is -4.25. The van der Waals surface area contributed by atoms with Crippen molar-refractivity contribution in [3.05, 3.63) is 93.6 Å². The standard InChI is InChI=1S/C30H30ClN3O5S.2H2/c1-6-14-38-26-17-22(10-12-24(26)31)25-13-11-23(29(35)34-40(36,37)27-9-7-8-21(5)32-27)30(33-25)39-28-19(3)15-18(2)16-20(28)4;;/h7-13,15-17H,6,14H2,1-5H3,(H,34,35);2*1H. The Hall–Kier alpha value is -3.95. The van der Waals surface area contributed by atoms with E-state index in [2.05, 4.69) is 14.7 Å². The molecule has 0 radical (unpaired) electrons. The first kappa shape index (κ1) is 29.0. The number of halogens is 1. The topological polar surface area (TPSA) is 107 Å². The largest absolute Gasteiger partial charge is 0.492 e. The molecule has 212 valence electrons. The van der Waals surface area contributed by atoms with Gasteiger partial charge in [-0.3, -0.25) is 4.79 Å². The zero-order valence-electron chi connectivity index (χ0n) is 22.9. The predicted octanol–water partition coefficient (Wildman–Crippen LogP) is 7.22. The maximum Gasteiger partial charge on any atom is 0.281 e. The minimum absolute atomic E-state index is 0. The van der Waals surface area contributed by atoms with Gasteiger partial charge in [-0.1, -0.05) is 48.4 Å². The average molecular weight is 584 g/mol. The average Bonchev–Trinajstić information content (AvgIpc) is 2.90. The highest BCUT2D eigenvalue weighted by Crippen LogP contribution is 2.35. The molecule has 0 bridgehead atoms. The van der Waals surface area contributed by atoms with Crippen LogP contribution in [-0.4, -0.2) is 30.9 Å². The summed E-state index contributed by atoms with van der Waals surface area (Å²) in [6.45, 7) is 9.92. The molecule has 0 spiro atoms. The molecule has 0 aliphatic carbocycles. The van der Waals surface area contributed by atoms with Crippen molar-refractivity contribution in [3.8, 4) is 28.6 Å². The second kappa shape index (κ2) is 12.1. The van der Waals surface area contributed by atoms with Crippen LogP contribution >= 0.6 is 11.6 Å². The molecule has 10 heteroatoms. The van der Waals surface area contributed by atoms with Crippen LogP contribution < -0.4 is 14.2 Å². The van der Waals surface area contributed by atoms with Crippen LogP contribution in [0, 0.1) is 27.7 Å². The Morgan fingerprint density at radius 2 is 1.70 bits per heavy atom. The van der Waals surface area contributed by atoms with Crippen LogP contribution in [-0.2, 0) is 10.0 Å². The monoisotopic (exact) mass is 583 g/mol. The molecule has 1 N–H and O–H groups in total. The number of carbonyl (C=O) groups is 1. The molecule has 0 fully saturated rings. The van der Waals surface area contributed by atoms with Crippen LogP contribution in [0.5, 0.6) is 17.4 Å². The van der Waals surface area contributed by atoms with Crippen molar-refractivity contribution in [1.82, 2.24) is 14.7 Å². The summed E-state index contributed by atoms with van der Waals surface area (Å²) in [6, 6.07) is 16.8. The molecule has 0 aliphatic rings. The highest BCUT2D eigenvalue weighted by molar-refractivity contribution is 7.90. The van der Waals surface area contributed by atoms with Crippen molar-refractivity contribution in [2.24, 2.45) is 0 Å². The Balaban J connectivity index is 0.00000308. The van der Waals surface area contributed by atoms with Gasteiger partial charge < -0.3 is 9.47 Å². The Labute approximate surface area is 242 Å². The number of sulfonamides is 1. The highest BCUT2D eigenvalue weighted by Gasteiger charge is 2.25. The fraction of sp³-hybridized carbons (Fsp3) is 0.233. The summed E-state index contributed by atoms with van der Waals surface area (Å²) < 4.78 is 40.0. The maximum atomic E-state index is 13.3. The maximum absolute atomic E-state index is 13.3. The lowest BCUT2D eigenvalue weighted by Gasteiger charge is -2.16. The second-order valence-electron chi connectivity index (χ2n) is 9.42. The number of benzene rings is 2. The first-order valence-electron chi connectivity index (χ1n) is 12.7. The van der Waals surface area contributed by atoms with Crippen molar-refractivity contribution < 1.29 is 25.5 Å². The van der Waals surface area contributed by atoms with Gasteiger partial charge in [0, 0.05) is 14.1 Å². The van der Waals surface area contributed by atoms with Crippen molar-refractivity contribution in [1.29, 1.82) is 0 Å². The number of aromatic nitrogens is 2. The van der Waals surface area contributed by atoms with Gasteiger partial charge in [-0.25, -0.2) is 14.7 Å². The molecule has 0 saturated heterocycles. The zero-order chi connectivity index (χ0) is 29.0. The van der Waals surface area contributed by atoms with Crippen LogP contribution in [0.1, 0.15) is 48.9 Å². The van der Waals surface area contributed by atoms with Gasteiger partial charge in [0.15, 0.2) is 5.03 Å². The van der Waals surface area contributed by atoms with Crippen molar-refractivity contribution in [2.75, 3.05) is 6.61 Å². The fourth-order valence-electron chi connectivity index (χ4n) is 4.16. The van der Waals surface area contributed by atoms with E-state index >= 15 is 0 Å². The van der Waals surface area contributed by atoms with Crippen LogP contribution in [0.4, 0.5) is 0 Å². The molecular weight excluding hydrogens is 550 g/mol.